The number of allylic oxidation sites excluding steroid dienone is 1. The molecule has 1 saturated heterocycles. The van der Waals surface area contributed by atoms with Crippen molar-refractivity contribution < 1.29 is 19.2 Å². The lowest BCUT2D eigenvalue weighted by Gasteiger charge is -2.32. The van der Waals surface area contributed by atoms with Gasteiger partial charge in [0.15, 0.2) is 0 Å². The number of ketones is 1. The zero-order chi connectivity index (χ0) is 13.2. The molecule has 6 nitrogen and oxygen atoms in total. The van der Waals surface area contributed by atoms with Crippen LogP contribution in [-0.2, 0) is 14.4 Å². The number of rotatable bonds is 4. The minimum atomic E-state index is -1.60. The zero-order valence-electron chi connectivity index (χ0n) is 9.13. The number of carbonyl (C=O) groups excluding carboxylic acids is 4. The lowest BCUT2D eigenvalue weighted by molar-refractivity contribution is -0.147. The van der Waals surface area contributed by atoms with E-state index in [1.54, 1.807) is 0 Å². The smallest absolute Gasteiger partial charge is 0.300 e. The van der Waals surface area contributed by atoms with Crippen LogP contribution in [0.5, 0.6) is 0 Å². The van der Waals surface area contributed by atoms with Crippen LogP contribution < -0.4 is 10.6 Å². The second kappa shape index (κ2) is 4.79. The van der Waals surface area contributed by atoms with E-state index in [1.807, 2.05) is 10.6 Å². The van der Waals surface area contributed by atoms with Gasteiger partial charge in [-0.15, -0.1) is 0 Å². The Morgan fingerprint density at radius 1 is 1.24 bits per heavy atom. The van der Waals surface area contributed by atoms with Crippen LogP contribution in [0.2, 0.25) is 0 Å². The minimum Gasteiger partial charge on any atom is -0.300 e. The van der Waals surface area contributed by atoms with Crippen molar-refractivity contribution >= 4 is 39.6 Å². The Morgan fingerprint density at radius 2 is 1.71 bits per heavy atom. The number of barbiturate groups is 1. The van der Waals surface area contributed by atoms with Gasteiger partial charge in [-0.25, -0.2) is 4.79 Å². The van der Waals surface area contributed by atoms with Crippen molar-refractivity contribution in [2.45, 2.75) is 19.8 Å². The fraction of sp³-hybridized carbons (Fsp3) is 0.400. The first-order valence-electron chi connectivity index (χ1n) is 4.77. The zero-order valence-corrected chi connectivity index (χ0v) is 10.7. The summed E-state index contributed by atoms with van der Waals surface area (Å²) >= 11 is 3.05. The van der Waals surface area contributed by atoms with Gasteiger partial charge in [-0.2, -0.15) is 0 Å². The van der Waals surface area contributed by atoms with Crippen molar-refractivity contribution in [3.8, 4) is 0 Å². The quantitative estimate of drug-likeness (QED) is 0.745. The Bertz CT molecular complexity index is 392. The number of imide groups is 2. The predicted molar refractivity (Wildman–Crippen MR) is 62.1 cm³/mol. The van der Waals surface area contributed by atoms with Gasteiger partial charge in [0.1, 0.15) is 11.2 Å². The van der Waals surface area contributed by atoms with Crippen LogP contribution in [0.25, 0.3) is 0 Å². The molecule has 1 aliphatic heterocycles. The summed E-state index contributed by atoms with van der Waals surface area (Å²) in [5.74, 6) is -1.87. The highest BCUT2D eigenvalue weighted by molar-refractivity contribution is 9.11. The fourth-order valence-corrected chi connectivity index (χ4v) is 2.19. The van der Waals surface area contributed by atoms with Gasteiger partial charge in [0.05, 0.1) is 0 Å². The molecule has 0 aromatic heterocycles. The lowest BCUT2D eigenvalue weighted by atomic mass is 9.77. The average molecular weight is 303 g/mol. The molecule has 0 bridgehead atoms. The molecule has 0 atom stereocenters. The van der Waals surface area contributed by atoms with Crippen molar-refractivity contribution in [1.29, 1.82) is 0 Å². The Labute approximate surface area is 106 Å². The Balaban J connectivity index is 3.14. The molecule has 0 aromatic rings. The number of hydrogen-bond donors (Lipinski definition) is 2. The molecule has 17 heavy (non-hydrogen) atoms. The van der Waals surface area contributed by atoms with Gasteiger partial charge in [0.2, 0.25) is 11.8 Å². The molecule has 0 aromatic carbocycles. The Hall–Kier alpha value is -1.50. The van der Waals surface area contributed by atoms with E-state index in [0.29, 0.717) is 4.48 Å². The molecular formula is C10H11BrN2O4. The summed E-state index contributed by atoms with van der Waals surface area (Å²) < 4.78 is 0.401. The van der Waals surface area contributed by atoms with Gasteiger partial charge in [-0.1, -0.05) is 22.5 Å². The summed E-state index contributed by atoms with van der Waals surface area (Å²) in [6, 6.07) is -0.876. The van der Waals surface area contributed by atoms with Crippen molar-refractivity contribution in [3.05, 3.63) is 11.1 Å². The number of Topliss-reactive ketones (excluding diaryl/α,β-unsaturated/α-hetero) is 1. The molecule has 0 spiro atoms. The third-order valence-corrected chi connectivity index (χ3v) is 2.65. The first-order valence-corrected chi connectivity index (χ1v) is 5.57. The Kier molecular flexibility index (Phi) is 3.82. The van der Waals surface area contributed by atoms with E-state index in [9.17, 15) is 19.2 Å². The van der Waals surface area contributed by atoms with Gasteiger partial charge < -0.3 is 0 Å². The molecular weight excluding hydrogens is 292 g/mol. The van der Waals surface area contributed by atoms with Gasteiger partial charge in [0.25, 0.3) is 0 Å². The largest absolute Gasteiger partial charge is 0.328 e. The molecule has 0 aliphatic carbocycles. The minimum absolute atomic E-state index is 0.0441. The predicted octanol–water partition coefficient (Wildman–Crippen LogP) is 0.617. The standard InChI is InChI=1S/C10H11BrN2O4/c1-5(11)3-10(4-6(2)14)7(15)12-9(17)13-8(10)16/h1,3-4H2,2H3,(H2,12,13,15,16,17). The lowest BCUT2D eigenvalue weighted by Crippen LogP contribution is -2.62. The molecule has 0 unspecified atom stereocenters. The van der Waals surface area contributed by atoms with Gasteiger partial charge in [-0.05, 0) is 11.4 Å². The molecule has 0 radical (unpaired) electrons. The maximum atomic E-state index is 11.8. The van der Waals surface area contributed by atoms with E-state index in [0.717, 1.165) is 0 Å². The average Bonchev–Trinajstić information content (AvgIpc) is 2.12. The topological polar surface area (TPSA) is 92.3 Å². The number of amides is 4. The molecule has 1 fully saturated rings. The summed E-state index contributed by atoms with van der Waals surface area (Å²) in [5, 5.41) is 3.97. The van der Waals surface area contributed by atoms with Crippen molar-refractivity contribution in [2.24, 2.45) is 5.41 Å². The summed E-state index contributed by atoms with van der Waals surface area (Å²) in [4.78, 5) is 45.7. The third kappa shape index (κ3) is 2.79. The van der Waals surface area contributed by atoms with Crippen LogP contribution in [0.15, 0.2) is 11.1 Å². The number of nitrogens with one attached hydrogen (secondary N) is 2. The highest BCUT2D eigenvalue weighted by atomic mass is 79.9. The van der Waals surface area contributed by atoms with E-state index in [4.69, 9.17) is 0 Å². The van der Waals surface area contributed by atoms with E-state index in [1.165, 1.54) is 6.92 Å². The van der Waals surface area contributed by atoms with Crippen LogP contribution in [-0.4, -0.2) is 23.6 Å². The number of hydrogen-bond acceptors (Lipinski definition) is 4. The monoisotopic (exact) mass is 302 g/mol. The number of urea groups is 1. The molecule has 1 heterocycles. The van der Waals surface area contributed by atoms with Crippen LogP contribution in [0.1, 0.15) is 19.8 Å². The van der Waals surface area contributed by atoms with Crippen LogP contribution >= 0.6 is 15.9 Å². The van der Waals surface area contributed by atoms with Crippen molar-refractivity contribution in [2.75, 3.05) is 0 Å². The molecule has 7 heteroatoms. The first-order chi connectivity index (χ1) is 7.78. The van der Waals surface area contributed by atoms with Crippen LogP contribution in [0, 0.1) is 5.41 Å². The number of halogens is 1. The van der Waals surface area contributed by atoms with Gasteiger partial charge in [0, 0.05) is 12.8 Å². The summed E-state index contributed by atoms with van der Waals surface area (Å²) in [6.07, 6.45) is -0.319. The second-order valence-corrected chi connectivity index (χ2v) is 5.01. The van der Waals surface area contributed by atoms with Crippen LogP contribution in [0.3, 0.4) is 0 Å². The molecule has 92 valence electrons. The maximum Gasteiger partial charge on any atom is 0.328 e. The molecule has 4 amide bonds. The number of carbonyl (C=O) groups is 4. The third-order valence-electron chi connectivity index (χ3n) is 2.37. The highest BCUT2D eigenvalue weighted by Crippen LogP contribution is 2.34. The maximum absolute atomic E-state index is 11.8. The molecule has 2 N–H and O–H groups in total. The molecule has 1 rings (SSSR count). The Morgan fingerprint density at radius 3 is 2.06 bits per heavy atom. The summed E-state index contributed by atoms with van der Waals surface area (Å²) in [5.41, 5.74) is -1.60. The first kappa shape index (κ1) is 13.6. The van der Waals surface area contributed by atoms with Gasteiger partial charge >= 0.3 is 6.03 Å². The normalized spacial score (nSPS) is 18.4. The SMILES string of the molecule is C=C(Br)CC1(CC(C)=O)C(=O)NC(=O)NC1=O. The second-order valence-electron chi connectivity index (χ2n) is 3.89. The molecule has 0 saturated carbocycles. The fourth-order valence-electron chi connectivity index (χ4n) is 1.72. The van der Waals surface area contributed by atoms with Crippen molar-refractivity contribution in [1.82, 2.24) is 10.6 Å². The van der Waals surface area contributed by atoms with Crippen LogP contribution in [0.4, 0.5) is 4.79 Å². The van der Waals surface area contributed by atoms with Gasteiger partial charge in [-0.3, -0.25) is 25.0 Å². The summed E-state index contributed by atoms with van der Waals surface area (Å²) in [7, 11) is 0. The van der Waals surface area contributed by atoms with E-state index >= 15 is 0 Å². The summed E-state index contributed by atoms with van der Waals surface area (Å²) in [6.45, 7) is 4.82. The van der Waals surface area contributed by atoms with E-state index in [-0.39, 0.29) is 18.6 Å². The van der Waals surface area contributed by atoms with Crippen molar-refractivity contribution in [3.63, 3.8) is 0 Å². The van der Waals surface area contributed by atoms with E-state index in [2.05, 4.69) is 22.5 Å². The highest BCUT2D eigenvalue weighted by Gasteiger charge is 2.50. The molecule has 1 aliphatic rings. The van der Waals surface area contributed by atoms with E-state index < -0.39 is 23.3 Å².